The second kappa shape index (κ2) is 9.87. The van der Waals surface area contributed by atoms with E-state index in [4.69, 9.17) is 4.74 Å². The largest absolute Gasteiger partial charge is 0.463 e. The molecule has 0 heterocycles. The summed E-state index contributed by atoms with van der Waals surface area (Å²) in [4.78, 5) is 35.3. The molecule has 130 valence electrons. The van der Waals surface area contributed by atoms with Gasteiger partial charge in [-0.1, -0.05) is 13.8 Å². The fourth-order valence-electron chi connectivity index (χ4n) is 1.89. The predicted octanol–water partition coefficient (Wildman–Crippen LogP) is 2.59. The van der Waals surface area contributed by atoms with Crippen molar-refractivity contribution in [2.45, 2.75) is 73.5 Å². The van der Waals surface area contributed by atoms with Gasteiger partial charge in [-0.15, -0.1) is 0 Å². The SMILES string of the molecule is CC(=O)C(NC(=O)CCC(C)(C)C(=O)OC(C)C)C(C)C.S. The van der Waals surface area contributed by atoms with Gasteiger partial charge in [-0.3, -0.25) is 14.4 Å². The van der Waals surface area contributed by atoms with Gasteiger partial charge in [-0.2, -0.15) is 13.5 Å². The van der Waals surface area contributed by atoms with E-state index in [1.54, 1.807) is 27.7 Å². The van der Waals surface area contributed by atoms with E-state index >= 15 is 0 Å². The second-order valence-electron chi connectivity index (χ2n) is 6.74. The molecule has 0 aromatic heterocycles. The van der Waals surface area contributed by atoms with Crippen molar-refractivity contribution in [3.8, 4) is 0 Å². The molecule has 0 aromatic rings. The van der Waals surface area contributed by atoms with Crippen LogP contribution in [0.4, 0.5) is 0 Å². The zero-order valence-electron chi connectivity index (χ0n) is 14.8. The van der Waals surface area contributed by atoms with E-state index in [1.165, 1.54) is 6.92 Å². The van der Waals surface area contributed by atoms with Crippen LogP contribution in [0.25, 0.3) is 0 Å². The van der Waals surface area contributed by atoms with Crippen LogP contribution >= 0.6 is 13.5 Å². The summed E-state index contributed by atoms with van der Waals surface area (Å²) in [6.45, 7) is 12.3. The summed E-state index contributed by atoms with van der Waals surface area (Å²) < 4.78 is 5.18. The monoisotopic (exact) mass is 333 g/mol. The highest BCUT2D eigenvalue weighted by Crippen LogP contribution is 2.25. The van der Waals surface area contributed by atoms with Crippen molar-refractivity contribution in [1.29, 1.82) is 0 Å². The van der Waals surface area contributed by atoms with Crippen molar-refractivity contribution >= 4 is 31.2 Å². The molecule has 0 aliphatic carbocycles. The second-order valence-corrected chi connectivity index (χ2v) is 6.74. The Kier molecular flexibility index (Phi) is 10.4. The zero-order valence-corrected chi connectivity index (χ0v) is 15.8. The lowest BCUT2D eigenvalue weighted by molar-refractivity contribution is -0.158. The fourth-order valence-corrected chi connectivity index (χ4v) is 1.89. The molecule has 0 spiro atoms. The van der Waals surface area contributed by atoms with Gasteiger partial charge in [-0.05, 0) is 47.0 Å². The summed E-state index contributed by atoms with van der Waals surface area (Å²) in [5.74, 6) is -0.534. The van der Waals surface area contributed by atoms with Crippen molar-refractivity contribution in [3.63, 3.8) is 0 Å². The summed E-state index contributed by atoms with van der Waals surface area (Å²) in [5, 5.41) is 2.73. The molecule has 0 rings (SSSR count). The Labute approximate surface area is 141 Å². The molecule has 1 unspecified atom stereocenters. The van der Waals surface area contributed by atoms with E-state index in [0.29, 0.717) is 6.42 Å². The molecule has 0 radical (unpaired) electrons. The van der Waals surface area contributed by atoms with Crippen LogP contribution in [-0.4, -0.2) is 29.8 Å². The standard InChI is InChI=1S/C16H29NO4.H2S/c1-10(2)14(12(5)18)17-13(19)8-9-16(6,7)15(20)21-11(3)4;/h10-11,14H,8-9H2,1-7H3,(H,17,19);1H2. The molecular weight excluding hydrogens is 302 g/mol. The molecule has 1 N–H and O–H groups in total. The highest BCUT2D eigenvalue weighted by molar-refractivity contribution is 7.59. The summed E-state index contributed by atoms with van der Waals surface area (Å²) in [6.07, 6.45) is 0.401. The lowest BCUT2D eigenvalue weighted by Crippen LogP contribution is -2.43. The molecule has 0 saturated heterocycles. The number of rotatable bonds is 8. The van der Waals surface area contributed by atoms with Gasteiger partial charge in [0.25, 0.3) is 0 Å². The molecule has 22 heavy (non-hydrogen) atoms. The number of hydrogen-bond donors (Lipinski definition) is 1. The minimum Gasteiger partial charge on any atom is -0.463 e. The van der Waals surface area contributed by atoms with Gasteiger partial charge >= 0.3 is 5.97 Å². The Bertz CT molecular complexity index is 392. The third-order valence-corrected chi connectivity index (χ3v) is 3.29. The van der Waals surface area contributed by atoms with E-state index in [9.17, 15) is 14.4 Å². The topological polar surface area (TPSA) is 72.5 Å². The Morgan fingerprint density at radius 2 is 1.59 bits per heavy atom. The molecule has 0 aliphatic rings. The van der Waals surface area contributed by atoms with Gasteiger partial charge in [0, 0.05) is 6.42 Å². The number of carbonyl (C=O) groups is 3. The number of amides is 1. The van der Waals surface area contributed by atoms with Crippen molar-refractivity contribution < 1.29 is 19.1 Å². The Morgan fingerprint density at radius 3 is 1.95 bits per heavy atom. The van der Waals surface area contributed by atoms with E-state index < -0.39 is 11.5 Å². The van der Waals surface area contributed by atoms with Gasteiger partial charge in [0.05, 0.1) is 17.6 Å². The molecule has 1 amide bonds. The molecule has 0 saturated carbocycles. The Morgan fingerprint density at radius 1 is 1.09 bits per heavy atom. The van der Waals surface area contributed by atoms with E-state index in [1.807, 2.05) is 13.8 Å². The first kappa shape index (κ1) is 23.2. The van der Waals surface area contributed by atoms with Crippen molar-refractivity contribution in [1.82, 2.24) is 5.32 Å². The van der Waals surface area contributed by atoms with Gasteiger partial charge in [0.1, 0.15) is 0 Å². The quantitative estimate of drug-likeness (QED) is 0.693. The lowest BCUT2D eigenvalue weighted by Gasteiger charge is -2.24. The van der Waals surface area contributed by atoms with Gasteiger partial charge in [-0.25, -0.2) is 0 Å². The summed E-state index contributed by atoms with van der Waals surface area (Å²) in [6, 6.07) is -0.469. The van der Waals surface area contributed by atoms with E-state index in [0.717, 1.165) is 0 Å². The van der Waals surface area contributed by atoms with E-state index in [2.05, 4.69) is 5.32 Å². The summed E-state index contributed by atoms with van der Waals surface area (Å²) >= 11 is 0. The van der Waals surface area contributed by atoms with Crippen LogP contribution in [0.2, 0.25) is 0 Å². The van der Waals surface area contributed by atoms with Crippen molar-refractivity contribution in [2.24, 2.45) is 11.3 Å². The van der Waals surface area contributed by atoms with Crippen molar-refractivity contribution in [3.05, 3.63) is 0 Å². The fraction of sp³-hybridized carbons (Fsp3) is 0.812. The van der Waals surface area contributed by atoms with Gasteiger partial charge < -0.3 is 10.1 Å². The number of ether oxygens (including phenoxy) is 1. The highest BCUT2D eigenvalue weighted by atomic mass is 32.1. The maximum Gasteiger partial charge on any atom is 0.311 e. The number of Topliss-reactive ketones (excluding diaryl/α,β-unsaturated/α-hetero) is 1. The van der Waals surface area contributed by atoms with Crippen LogP contribution in [0.15, 0.2) is 0 Å². The molecular formula is C16H31NO4S. The molecule has 5 nitrogen and oxygen atoms in total. The smallest absolute Gasteiger partial charge is 0.311 e. The minimum absolute atomic E-state index is 0. The Balaban J connectivity index is 0. The Hall–Kier alpha value is -1.04. The molecule has 0 aromatic carbocycles. The summed E-state index contributed by atoms with van der Waals surface area (Å²) in [7, 11) is 0. The van der Waals surface area contributed by atoms with E-state index in [-0.39, 0.29) is 49.6 Å². The third kappa shape index (κ3) is 8.41. The van der Waals surface area contributed by atoms with Crippen LogP contribution in [-0.2, 0) is 19.1 Å². The first-order valence-corrected chi connectivity index (χ1v) is 7.48. The number of esters is 1. The number of ketones is 1. The number of carbonyl (C=O) groups excluding carboxylic acids is 3. The first-order chi connectivity index (χ1) is 9.47. The molecule has 6 heteroatoms. The molecule has 1 atom stereocenters. The normalized spacial score (nSPS) is 12.6. The van der Waals surface area contributed by atoms with Crippen LogP contribution in [0.1, 0.15) is 61.3 Å². The zero-order chi connectivity index (χ0) is 16.8. The highest BCUT2D eigenvalue weighted by Gasteiger charge is 2.31. The predicted molar refractivity (Wildman–Crippen MR) is 92.1 cm³/mol. The van der Waals surface area contributed by atoms with Gasteiger partial charge in [0.15, 0.2) is 5.78 Å². The molecule has 0 aliphatic heterocycles. The maximum atomic E-state index is 11.9. The first-order valence-electron chi connectivity index (χ1n) is 7.48. The molecule has 0 fully saturated rings. The average molecular weight is 333 g/mol. The van der Waals surface area contributed by atoms with Crippen LogP contribution in [0.3, 0.4) is 0 Å². The lowest BCUT2D eigenvalue weighted by atomic mass is 9.87. The van der Waals surface area contributed by atoms with Crippen LogP contribution in [0.5, 0.6) is 0 Å². The average Bonchev–Trinajstić information content (AvgIpc) is 2.31. The third-order valence-electron chi connectivity index (χ3n) is 3.29. The number of nitrogens with one attached hydrogen (secondary N) is 1. The minimum atomic E-state index is -0.717. The molecule has 0 bridgehead atoms. The number of hydrogen-bond acceptors (Lipinski definition) is 4. The summed E-state index contributed by atoms with van der Waals surface area (Å²) in [5.41, 5.74) is -0.717. The van der Waals surface area contributed by atoms with Crippen LogP contribution < -0.4 is 5.32 Å². The van der Waals surface area contributed by atoms with Crippen molar-refractivity contribution in [2.75, 3.05) is 0 Å². The maximum absolute atomic E-state index is 11.9. The van der Waals surface area contributed by atoms with Crippen LogP contribution in [0, 0.1) is 11.3 Å². The van der Waals surface area contributed by atoms with Gasteiger partial charge in [0.2, 0.25) is 5.91 Å².